The lowest BCUT2D eigenvalue weighted by atomic mass is 10.2. The van der Waals surface area contributed by atoms with Crippen LogP contribution in [-0.2, 0) is 4.84 Å². The summed E-state index contributed by atoms with van der Waals surface area (Å²) < 4.78 is 0. The summed E-state index contributed by atoms with van der Waals surface area (Å²) in [5, 5.41) is 8.48. The molecule has 11 heavy (non-hydrogen) atoms. The van der Waals surface area contributed by atoms with Gasteiger partial charge in [-0.1, -0.05) is 6.42 Å². The van der Waals surface area contributed by atoms with Gasteiger partial charge in [0, 0.05) is 13.0 Å². The maximum Gasteiger partial charge on any atom is 0.119 e. The molecule has 0 aliphatic carbocycles. The van der Waals surface area contributed by atoms with Gasteiger partial charge in [-0.25, -0.2) is 0 Å². The van der Waals surface area contributed by atoms with Gasteiger partial charge in [0.2, 0.25) is 0 Å². The molecule has 3 nitrogen and oxygen atoms in total. The van der Waals surface area contributed by atoms with E-state index in [9.17, 15) is 0 Å². The van der Waals surface area contributed by atoms with E-state index in [1.54, 1.807) is 0 Å². The van der Waals surface area contributed by atoms with Gasteiger partial charge in [-0.3, -0.25) is 0 Å². The number of nitrogens with two attached hydrogens (primary N) is 1. The highest BCUT2D eigenvalue weighted by Crippen LogP contribution is 2.07. The molecule has 3 N–H and O–H groups in total. The molecule has 0 saturated carbocycles. The van der Waals surface area contributed by atoms with Gasteiger partial charge in [0.05, 0.1) is 0 Å². The van der Waals surface area contributed by atoms with Crippen LogP contribution in [-0.4, -0.2) is 11.7 Å². The third-order valence-electron chi connectivity index (χ3n) is 1.55. The van der Waals surface area contributed by atoms with Gasteiger partial charge < -0.3 is 9.94 Å². The van der Waals surface area contributed by atoms with Gasteiger partial charge in [-0.05, 0) is 25.8 Å². The molecule has 0 bridgehead atoms. The monoisotopic (exact) mass is 159 g/mol. The van der Waals surface area contributed by atoms with E-state index in [1.165, 1.54) is 0 Å². The van der Waals surface area contributed by atoms with Gasteiger partial charge in [-0.2, -0.15) is 5.90 Å². The van der Waals surface area contributed by atoms with E-state index in [4.69, 9.17) is 11.0 Å². The average molecular weight is 159 g/mol. The number of allylic oxidation sites excluding steroid dienone is 2. The molecule has 0 radical (unpaired) electrons. The molecule has 0 rings (SSSR count). The summed E-state index contributed by atoms with van der Waals surface area (Å²) in [4.78, 5) is 4.58. The Bertz CT molecular complexity index is 113. The standard InChI is InChI=1S/C8H17NO2/c1-2-8(11-9)6-4-3-5-7-10/h2,10H,3-7,9H2,1H3. The van der Waals surface area contributed by atoms with E-state index in [0.29, 0.717) is 0 Å². The van der Waals surface area contributed by atoms with Crippen LogP contribution < -0.4 is 5.90 Å². The van der Waals surface area contributed by atoms with Crippen LogP contribution in [0.25, 0.3) is 0 Å². The maximum absolute atomic E-state index is 8.48. The summed E-state index contributed by atoms with van der Waals surface area (Å²) in [6.07, 6.45) is 5.64. The van der Waals surface area contributed by atoms with Crippen molar-refractivity contribution >= 4 is 0 Å². The molecule has 0 aliphatic rings. The lowest BCUT2D eigenvalue weighted by Gasteiger charge is -2.02. The molecule has 3 heteroatoms. The van der Waals surface area contributed by atoms with E-state index < -0.39 is 0 Å². The molecule has 0 aliphatic heterocycles. The van der Waals surface area contributed by atoms with E-state index in [-0.39, 0.29) is 6.61 Å². The largest absolute Gasteiger partial charge is 0.416 e. The Balaban J connectivity index is 3.22. The summed E-state index contributed by atoms with van der Waals surface area (Å²) in [5.74, 6) is 5.80. The molecule has 0 spiro atoms. The van der Waals surface area contributed by atoms with Crippen molar-refractivity contribution in [1.29, 1.82) is 0 Å². The Morgan fingerprint density at radius 2 is 2.18 bits per heavy atom. The Labute approximate surface area is 67.8 Å². The third-order valence-corrected chi connectivity index (χ3v) is 1.55. The zero-order valence-corrected chi connectivity index (χ0v) is 7.05. The van der Waals surface area contributed by atoms with Gasteiger partial charge >= 0.3 is 0 Å². The van der Waals surface area contributed by atoms with Crippen LogP contribution in [0.4, 0.5) is 0 Å². The molecule has 66 valence electrons. The first-order valence-corrected chi connectivity index (χ1v) is 3.98. The molecule has 0 atom stereocenters. The van der Waals surface area contributed by atoms with Crippen molar-refractivity contribution in [2.75, 3.05) is 6.61 Å². The number of rotatable bonds is 6. The number of unbranched alkanes of at least 4 members (excludes halogenated alkanes) is 2. The fourth-order valence-electron chi connectivity index (χ4n) is 0.859. The molecule has 0 fully saturated rings. The lowest BCUT2D eigenvalue weighted by Crippen LogP contribution is -1.98. The minimum atomic E-state index is 0.272. The van der Waals surface area contributed by atoms with Crippen molar-refractivity contribution in [3.8, 4) is 0 Å². The molecule has 0 saturated heterocycles. The van der Waals surface area contributed by atoms with Gasteiger partial charge in [0.25, 0.3) is 0 Å². The van der Waals surface area contributed by atoms with Crippen molar-refractivity contribution in [3.63, 3.8) is 0 Å². The predicted octanol–water partition coefficient (Wildman–Crippen LogP) is 1.33. The van der Waals surface area contributed by atoms with Gasteiger partial charge in [0.1, 0.15) is 5.76 Å². The molecule has 0 amide bonds. The van der Waals surface area contributed by atoms with Crippen molar-refractivity contribution < 1.29 is 9.94 Å². The molecule has 0 aromatic rings. The summed E-state index contributed by atoms with van der Waals surface area (Å²) >= 11 is 0. The van der Waals surface area contributed by atoms with E-state index in [1.807, 2.05) is 13.0 Å². The first-order valence-electron chi connectivity index (χ1n) is 3.98. The van der Waals surface area contributed by atoms with Gasteiger partial charge in [-0.15, -0.1) is 0 Å². The second-order valence-electron chi connectivity index (χ2n) is 2.41. The van der Waals surface area contributed by atoms with Crippen LogP contribution >= 0.6 is 0 Å². The number of aliphatic hydroxyl groups excluding tert-OH is 1. The minimum absolute atomic E-state index is 0.272. The first kappa shape index (κ1) is 10.5. The SMILES string of the molecule is CC=C(CCCCCO)ON. The summed E-state index contributed by atoms with van der Waals surface area (Å²) in [5.41, 5.74) is 0. The highest BCUT2D eigenvalue weighted by Gasteiger charge is 1.94. The van der Waals surface area contributed by atoms with Gasteiger partial charge in [0.15, 0.2) is 0 Å². The fraction of sp³-hybridized carbons (Fsp3) is 0.750. The molecular formula is C8H17NO2. The maximum atomic E-state index is 8.48. The van der Waals surface area contributed by atoms with Crippen LogP contribution in [0, 0.1) is 0 Å². The van der Waals surface area contributed by atoms with Crippen molar-refractivity contribution in [2.24, 2.45) is 5.90 Å². The zero-order chi connectivity index (χ0) is 8.53. The van der Waals surface area contributed by atoms with Crippen molar-refractivity contribution in [2.45, 2.75) is 32.6 Å². The number of hydrogen-bond acceptors (Lipinski definition) is 3. The molecular weight excluding hydrogens is 142 g/mol. The first-order chi connectivity index (χ1) is 5.35. The van der Waals surface area contributed by atoms with Crippen molar-refractivity contribution in [1.82, 2.24) is 0 Å². The summed E-state index contributed by atoms with van der Waals surface area (Å²) in [7, 11) is 0. The average Bonchev–Trinajstić information content (AvgIpc) is 2.05. The Morgan fingerprint density at radius 1 is 1.45 bits per heavy atom. The zero-order valence-electron chi connectivity index (χ0n) is 7.05. The fourth-order valence-corrected chi connectivity index (χ4v) is 0.859. The van der Waals surface area contributed by atoms with Crippen LogP contribution in [0.3, 0.4) is 0 Å². The second kappa shape index (κ2) is 7.57. The quantitative estimate of drug-likeness (QED) is 0.349. The van der Waals surface area contributed by atoms with E-state index in [2.05, 4.69) is 4.84 Å². The normalized spacial score (nSPS) is 11.7. The van der Waals surface area contributed by atoms with Crippen LogP contribution in [0.15, 0.2) is 11.8 Å². The topological polar surface area (TPSA) is 55.5 Å². The third kappa shape index (κ3) is 5.88. The summed E-state index contributed by atoms with van der Waals surface area (Å²) in [6, 6.07) is 0. The molecule has 0 aromatic heterocycles. The molecule has 0 aromatic carbocycles. The highest BCUT2D eigenvalue weighted by molar-refractivity contribution is 4.88. The Hall–Kier alpha value is -0.540. The van der Waals surface area contributed by atoms with E-state index >= 15 is 0 Å². The van der Waals surface area contributed by atoms with Crippen molar-refractivity contribution in [3.05, 3.63) is 11.8 Å². The second-order valence-corrected chi connectivity index (χ2v) is 2.41. The lowest BCUT2D eigenvalue weighted by molar-refractivity contribution is 0.206. The van der Waals surface area contributed by atoms with E-state index in [0.717, 1.165) is 31.4 Å². The van der Waals surface area contributed by atoms with Crippen LogP contribution in [0.2, 0.25) is 0 Å². The highest BCUT2D eigenvalue weighted by atomic mass is 16.6. The smallest absolute Gasteiger partial charge is 0.119 e. The predicted molar refractivity (Wildman–Crippen MR) is 44.6 cm³/mol. The number of hydrogen-bond donors (Lipinski definition) is 2. The Kier molecular flexibility index (Phi) is 7.19. The molecule has 0 unspecified atom stereocenters. The number of aliphatic hydroxyl groups is 1. The van der Waals surface area contributed by atoms with Crippen LogP contribution in [0.5, 0.6) is 0 Å². The minimum Gasteiger partial charge on any atom is -0.416 e. The Morgan fingerprint density at radius 3 is 2.64 bits per heavy atom. The molecule has 0 heterocycles. The summed E-state index contributed by atoms with van der Waals surface area (Å²) in [6.45, 7) is 2.17. The van der Waals surface area contributed by atoms with Crippen LogP contribution in [0.1, 0.15) is 32.6 Å².